The summed E-state index contributed by atoms with van der Waals surface area (Å²) in [4.78, 5) is 14.0. The minimum Gasteiger partial charge on any atom is -0.439 e. The summed E-state index contributed by atoms with van der Waals surface area (Å²) in [6.45, 7) is 2.53. The van der Waals surface area contributed by atoms with E-state index in [0.717, 1.165) is 11.1 Å². The first-order valence-corrected chi connectivity index (χ1v) is 6.17. The average molecular weight is 272 g/mol. The first-order valence-electron chi connectivity index (χ1n) is 6.17. The second-order valence-electron chi connectivity index (χ2n) is 4.50. The molecule has 1 aliphatic rings. The first-order chi connectivity index (χ1) is 9.65. The molecule has 1 unspecified atom stereocenters. The van der Waals surface area contributed by atoms with Crippen molar-refractivity contribution in [2.75, 3.05) is 0 Å². The largest absolute Gasteiger partial charge is 0.439 e. The molecule has 20 heavy (non-hydrogen) atoms. The van der Waals surface area contributed by atoms with E-state index < -0.39 is 4.92 Å². The monoisotopic (exact) mass is 272 g/mol. The van der Waals surface area contributed by atoms with Crippen LogP contribution in [-0.2, 0) is 11.3 Å². The van der Waals surface area contributed by atoms with Crippen LogP contribution in [0.25, 0.3) is 0 Å². The zero-order valence-corrected chi connectivity index (χ0v) is 10.8. The van der Waals surface area contributed by atoms with Crippen molar-refractivity contribution < 1.29 is 14.4 Å². The lowest BCUT2D eigenvalue weighted by molar-refractivity contribution is -0.385. The van der Waals surface area contributed by atoms with E-state index in [0.29, 0.717) is 18.2 Å². The van der Waals surface area contributed by atoms with Crippen molar-refractivity contribution in [2.45, 2.75) is 19.6 Å². The van der Waals surface area contributed by atoms with Crippen LogP contribution in [0.15, 0.2) is 36.5 Å². The van der Waals surface area contributed by atoms with E-state index in [1.807, 2.05) is 25.1 Å². The third-order valence-corrected chi connectivity index (χ3v) is 3.20. The molecule has 102 valence electrons. The van der Waals surface area contributed by atoms with Crippen LogP contribution in [-0.4, -0.2) is 9.91 Å². The maximum atomic E-state index is 10.6. The number of nitro groups is 1. The summed E-state index contributed by atoms with van der Waals surface area (Å²) in [6.07, 6.45) is 1.15. The molecule has 0 bridgehead atoms. The highest BCUT2D eigenvalue weighted by Crippen LogP contribution is 2.38. The molecule has 6 heteroatoms. The van der Waals surface area contributed by atoms with E-state index in [4.69, 9.17) is 9.47 Å². The molecule has 0 fully saturated rings. The molecule has 1 aromatic carbocycles. The lowest BCUT2D eigenvalue weighted by atomic mass is 10.1. The molecule has 1 atom stereocenters. The number of fused-ring (bicyclic) bond motifs is 1. The van der Waals surface area contributed by atoms with Gasteiger partial charge in [-0.05, 0) is 18.6 Å². The van der Waals surface area contributed by atoms with Gasteiger partial charge in [0.25, 0.3) is 5.69 Å². The number of benzene rings is 1. The number of nitrogens with zero attached hydrogens (tertiary/aromatic N) is 2. The standard InChI is InChI=1S/C14H12N2O4/c1-9-14-10(8-19-9)3-2-4-12(14)20-13-6-5-11(7-15-13)16(17)18/h2-7,9H,8H2,1H3. The second kappa shape index (κ2) is 4.90. The minimum atomic E-state index is -0.493. The van der Waals surface area contributed by atoms with E-state index >= 15 is 0 Å². The van der Waals surface area contributed by atoms with Crippen LogP contribution in [0.5, 0.6) is 11.6 Å². The minimum absolute atomic E-state index is 0.0285. The van der Waals surface area contributed by atoms with Crippen LogP contribution in [0, 0.1) is 10.1 Å². The molecule has 1 aromatic heterocycles. The van der Waals surface area contributed by atoms with Gasteiger partial charge in [0.2, 0.25) is 5.88 Å². The number of rotatable bonds is 3. The summed E-state index contributed by atoms with van der Waals surface area (Å²) in [5.74, 6) is 0.997. The van der Waals surface area contributed by atoms with Gasteiger partial charge in [-0.1, -0.05) is 12.1 Å². The molecule has 0 saturated heterocycles. The van der Waals surface area contributed by atoms with Crippen molar-refractivity contribution in [3.8, 4) is 11.6 Å². The van der Waals surface area contributed by atoms with E-state index in [2.05, 4.69) is 4.98 Å². The normalized spacial score (nSPS) is 16.8. The predicted octanol–water partition coefficient (Wildman–Crippen LogP) is 3.37. The number of hydrogen-bond donors (Lipinski definition) is 0. The van der Waals surface area contributed by atoms with Crippen molar-refractivity contribution in [2.24, 2.45) is 0 Å². The van der Waals surface area contributed by atoms with E-state index in [9.17, 15) is 10.1 Å². The number of aromatic nitrogens is 1. The van der Waals surface area contributed by atoms with Gasteiger partial charge in [-0.25, -0.2) is 4.98 Å². The highest BCUT2D eigenvalue weighted by Gasteiger charge is 2.23. The molecule has 0 radical (unpaired) electrons. The van der Waals surface area contributed by atoms with Gasteiger partial charge in [-0.3, -0.25) is 10.1 Å². The Hall–Kier alpha value is -2.47. The molecule has 0 saturated carbocycles. The Kier molecular flexibility index (Phi) is 3.08. The van der Waals surface area contributed by atoms with Gasteiger partial charge in [0.1, 0.15) is 11.9 Å². The molecule has 3 rings (SSSR count). The van der Waals surface area contributed by atoms with Crippen LogP contribution in [0.2, 0.25) is 0 Å². The lowest BCUT2D eigenvalue weighted by Gasteiger charge is -2.11. The van der Waals surface area contributed by atoms with E-state index in [1.54, 1.807) is 0 Å². The van der Waals surface area contributed by atoms with Crippen LogP contribution in [0.3, 0.4) is 0 Å². The summed E-state index contributed by atoms with van der Waals surface area (Å²) < 4.78 is 11.3. The number of hydrogen-bond acceptors (Lipinski definition) is 5. The van der Waals surface area contributed by atoms with Gasteiger partial charge < -0.3 is 9.47 Å². The van der Waals surface area contributed by atoms with Crippen LogP contribution in [0.4, 0.5) is 5.69 Å². The van der Waals surface area contributed by atoms with Crippen molar-refractivity contribution in [3.63, 3.8) is 0 Å². The molecule has 0 amide bonds. The van der Waals surface area contributed by atoms with Crippen molar-refractivity contribution in [3.05, 3.63) is 57.8 Å². The maximum Gasteiger partial charge on any atom is 0.287 e. The van der Waals surface area contributed by atoms with E-state index in [1.165, 1.54) is 18.3 Å². The van der Waals surface area contributed by atoms with Gasteiger partial charge in [0, 0.05) is 17.7 Å². The lowest BCUT2D eigenvalue weighted by Crippen LogP contribution is -1.96. The fraction of sp³-hybridized carbons (Fsp3) is 0.214. The molecule has 2 aromatic rings. The van der Waals surface area contributed by atoms with Crippen molar-refractivity contribution in [1.29, 1.82) is 0 Å². The molecule has 1 aliphatic heterocycles. The molecule has 0 aliphatic carbocycles. The Labute approximate surface area is 115 Å². The fourth-order valence-corrected chi connectivity index (χ4v) is 2.22. The Balaban J connectivity index is 1.89. The molecule has 0 N–H and O–H groups in total. The Morgan fingerprint density at radius 3 is 2.95 bits per heavy atom. The van der Waals surface area contributed by atoms with Crippen LogP contribution >= 0.6 is 0 Å². The van der Waals surface area contributed by atoms with E-state index in [-0.39, 0.29) is 11.8 Å². The summed E-state index contributed by atoms with van der Waals surface area (Å²) in [7, 11) is 0. The summed E-state index contributed by atoms with van der Waals surface area (Å²) in [5, 5.41) is 10.6. The third-order valence-electron chi connectivity index (χ3n) is 3.20. The van der Waals surface area contributed by atoms with Crippen LogP contribution in [0.1, 0.15) is 24.2 Å². The van der Waals surface area contributed by atoms with Gasteiger partial charge in [-0.15, -0.1) is 0 Å². The Morgan fingerprint density at radius 2 is 2.25 bits per heavy atom. The molecular formula is C14H12N2O4. The highest BCUT2D eigenvalue weighted by atomic mass is 16.6. The fourth-order valence-electron chi connectivity index (χ4n) is 2.22. The van der Waals surface area contributed by atoms with Gasteiger partial charge in [-0.2, -0.15) is 0 Å². The smallest absolute Gasteiger partial charge is 0.287 e. The molecule has 2 heterocycles. The summed E-state index contributed by atoms with van der Waals surface area (Å²) in [5.41, 5.74) is 2.04. The zero-order valence-electron chi connectivity index (χ0n) is 10.8. The molecule has 0 spiro atoms. The topological polar surface area (TPSA) is 74.5 Å². The molecule has 6 nitrogen and oxygen atoms in total. The number of ether oxygens (including phenoxy) is 2. The highest BCUT2D eigenvalue weighted by molar-refractivity contribution is 5.45. The Bertz CT molecular complexity index is 655. The number of pyridine rings is 1. The van der Waals surface area contributed by atoms with Crippen molar-refractivity contribution >= 4 is 5.69 Å². The Morgan fingerprint density at radius 1 is 1.40 bits per heavy atom. The maximum absolute atomic E-state index is 10.6. The SMILES string of the molecule is CC1OCc2cccc(Oc3ccc([N+](=O)[O-])cn3)c21. The van der Waals surface area contributed by atoms with Gasteiger partial charge >= 0.3 is 0 Å². The summed E-state index contributed by atoms with van der Waals surface area (Å²) >= 11 is 0. The van der Waals surface area contributed by atoms with Crippen LogP contribution < -0.4 is 4.74 Å². The predicted molar refractivity (Wildman–Crippen MR) is 70.6 cm³/mol. The second-order valence-corrected chi connectivity index (χ2v) is 4.50. The van der Waals surface area contributed by atoms with Crippen molar-refractivity contribution in [1.82, 2.24) is 4.98 Å². The molecular weight excluding hydrogens is 260 g/mol. The quantitative estimate of drug-likeness (QED) is 0.632. The zero-order chi connectivity index (χ0) is 14.1. The average Bonchev–Trinajstić information content (AvgIpc) is 2.82. The first kappa shape index (κ1) is 12.6. The summed E-state index contributed by atoms with van der Waals surface area (Å²) in [6, 6.07) is 8.58. The van der Waals surface area contributed by atoms with Gasteiger partial charge in [0.15, 0.2) is 0 Å². The third kappa shape index (κ3) is 2.21. The van der Waals surface area contributed by atoms with Gasteiger partial charge in [0.05, 0.1) is 17.6 Å².